The molecular formula is C21H28N6O. The van der Waals surface area contributed by atoms with E-state index >= 15 is 0 Å². The molecule has 28 heavy (non-hydrogen) atoms. The number of piperazine rings is 2. The van der Waals surface area contributed by atoms with Crippen molar-refractivity contribution in [2.24, 2.45) is 0 Å². The Morgan fingerprint density at radius 3 is 2.25 bits per heavy atom. The summed E-state index contributed by atoms with van der Waals surface area (Å²) in [5.74, 6) is 0.842. The summed E-state index contributed by atoms with van der Waals surface area (Å²) in [6, 6.07) is 10.5. The Morgan fingerprint density at radius 1 is 0.893 bits per heavy atom. The highest BCUT2D eigenvalue weighted by atomic mass is 16.2. The second-order valence-electron chi connectivity index (χ2n) is 7.60. The third-order valence-corrected chi connectivity index (χ3v) is 5.59. The average Bonchev–Trinajstić information content (AvgIpc) is 2.75. The number of likely N-dealkylation sites (N-methyl/N-ethyl adjacent to an activating group) is 1. The molecule has 2 aliphatic heterocycles. The number of rotatable bonds is 4. The Balaban J connectivity index is 1.30. The van der Waals surface area contributed by atoms with Crippen molar-refractivity contribution in [3.63, 3.8) is 0 Å². The fourth-order valence-corrected chi connectivity index (χ4v) is 3.74. The Bertz CT molecular complexity index is 765. The van der Waals surface area contributed by atoms with E-state index in [2.05, 4.69) is 56.0 Å². The van der Waals surface area contributed by atoms with E-state index < -0.39 is 0 Å². The maximum Gasteiger partial charge on any atom is 0.274 e. The topological polar surface area (TPSA) is 55.8 Å². The van der Waals surface area contributed by atoms with Crippen molar-refractivity contribution in [1.29, 1.82) is 0 Å². The molecule has 7 nitrogen and oxygen atoms in total. The molecule has 2 aromatic rings. The lowest BCUT2D eigenvalue weighted by atomic mass is 10.2. The van der Waals surface area contributed by atoms with Crippen molar-refractivity contribution in [3.8, 4) is 0 Å². The number of hydrogen-bond donors (Lipinski definition) is 0. The zero-order valence-electron chi connectivity index (χ0n) is 16.5. The first kappa shape index (κ1) is 18.8. The summed E-state index contributed by atoms with van der Waals surface area (Å²) in [5, 5.41) is 0. The van der Waals surface area contributed by atoms with Crippen LogP contribution in [0, 0.1) is 0 Å². The van der Waals surface area contributed by atoms with Crippen LogP contribution in [0.3, 0.4) is 0 Å². The van der Waals surface area contributed by atoms with Crippen LogP contribution in [-0.4, -0.2) is 90.0 Å². The minimum atomic E-state index is -0.0169. The predicted octanol–water partition coefficient (Wildman–Crippen LogP) is 1.19. The molecule has 7 heteroatoms. The van der Waals surface area contributed by atoms with Crippen LogP contribution in [0.25, 0.3) is 0 Å². The van der Waals surface area contributed by atoms with Crippen molar-refractivity contribution in [2.75, 3.05) is 64.3 Å². The highest BCUT2D eigenvalue weighted by molar-refractivity contribution is 5.92. The molecule has 2 fully saturated rings. The van der Waals surface area contributed by atoms with Crippen molar-refractivity contribution < 1.29 is 4.79 Å². The molecule has 0 atom stereocenters. The molecule has 2 aliphatic rings. The Morgan fingerprint density at radius 2 is 1.61 bits per heavy atom. The van der Waals surface area contributed by atoms with E-state index in [0.29, 0.717) is 5.69 Å². The van der Waals surface area contributed by atoms with E-state index in [4.69, 9.17) is 0 Å². The SMILES string of the molecule is CN1CCN(c2cnc(C(=O)N3CCN(Cc4ccccc4)CC3)cn2)CC1. The number of benzene rings is 1. The van der Waals surface area contributed by atoms with E-state index in [1.165, 1.54) is 5.56 Å². The molecule has 0 saturated carbocycles. The summed E-state index contributed by atoms with van der Waals surface area (Å²) in [6.45, 7) is 8.10. The van der Waals surface area contributed by atoms with Gasteiger partial charge in [-0.05, 0) is 12.6 Å². The molecule has 1 amide bonds. The van der Waals surface area contributed by atoms with Gasteiger partial charge in [0.05, 0.1) is 12.4 Å². The third-order valence-electron chi connectivity index (χ3n) is 5.59. The highest BCUT2D eigenvalue weighted by Gasteiger charge is 2.24. The van der Waals surface area contributed by atoms with Gasteiger partial charge in [0.15, 0.2) is 0 Å². The fraction of sp³-hybridized carbons (Fsp3) is 0.476. The van der Waals surface area contributed by atoms with E-state index in [1.54, 1.807) is 12.4 Å². The molecule has 0 unspecified atom stereocenters. The zero-order chi connectivity index (χ0) is 19.3. The Kier molecular flexibility index (Phi) is 5.83. The summed E-state index contributed by atoms with van der Waals surface area (Å²) in [6.07, 6.45) is 3.37. The Hall–Kier alpha value is -2.51. The lowest BCUT2D eigenvalue weighted by Gasteiger charge is -2.34. The first-order valence-corrected chi connectivity index (χ1v) is 10.00. The van der Waals surface area contributed by atoms with Crippen molar-refractivity contribution in [2.45, 2.75) is 6.54 Å². The van der Waals surface area contributed by atoms with Crippen LogP contribution in [-0.2, 0) is 6.54 Å². The first-order chi connectivity index (χ1) is 13.7. The maximum absolute atomic E-state index is 12.8. The standard InChI is InChI=1S/C21H28N6O/c1-24-7-11-26(12-8-24)20-16-22-19(15-23-20)21(28)27-13-9-25(10-14-27)17-18-5-3-2-4-6-18/h2-6,15-16H,7-14,17H2,1H3. The summed E-state index contributed by atoms with van der Waals surface area (Å²) in [4.78, 5) is 30.5. The summed E-state index contributed by atoms with van der Waals surface area (Å²) in [5.41, 5.74) is 1.75. The van der Waals surface area contributed by atoms with Gasteiger partial charge in [-0.2, -0.15) is 0 Å². The van der Waals surface area contributed by atoms with Gasteiger partial charge < -0.3 is 14.7 Å². The van der Waals surface area contributed by atoms with Gasteiger partial charge >= 0.3 is 0 Å². The van der Waals surface area contributed by atoms with Crippen molar-refractivity contribution >= 4 is 11.7 Å². The van der Waals surface area contributed by atoms with Gasteiger partial charge in [0.25, 0.3) is 5.91 Å². The number of nitrogens with zero attached hydrogens (tertiary/aromatic N) is 6. The van der Waals surface area contributed by atoms with Crippen LogP contribution >= 0.6 is 0 Å². The molecular weight excluding hydrogens is 352 g/mol. The van der Waals surface area contributed by atoms with E-state index in [-0.39, 0.29) is 5.91 Å². The van der Waals surface area contributed by atoms with Gasteiger partial charge in [0, 0.05) is 58.9 Å². The van der Waals surface area contributed by atoms with Gasteiger partial charge in [-0.15, -0.1) is 0 Å². The lowest BCUT2D eigenvalue weighted by Crippen LogP contribution is -2.48. The summed E-state index contributed by atoms with van der Waals surface area (Å²) in [7, 11) is 2.13. The molecule has 2 saturated heterocycles. The summed E-state index contributed by atoms with van der Waals surface area (Å²) < 4.78 is 0. The van der Waals surface area contributed by atoms with Gasteiger partial charge in [-0.25, -0.2) is 9.97 Å². The van der Waals surface area contributed by atoms with Crippen LogP contribution in [0.15, 0.2) is 42.7 Å². The summed E-state index contributed by atoms with van der Waals surface area (Å²) >= 11 is 0. The molecule has 1 aromatic carbocycles. The number of carbonyl (C=O) groups excluding carboxylic acids is 1. The number of aromatic nitrogens is 2. The largest absolute Gasteiger partial charge is 0.353 e. The number of anilines is 1. The molecule has 148 valence electrons. The average molecular weight is 380 g/mol. The van der Waals surface area contributed by atoms with Crippen LogP contribution < -0.4 is 4.90 Å². The quantitative estimate of drug-likeness (QED) is 0.794. The fourth-order valence-electron chi connectivity index (χ4n) is 3.74. The van der Waals surface area contributed by atoms with Crippen molar-refractivity contribution in [3.05, 3.63) is 54.0 Å². The molecule has 0 N–H and O–H groups in total. The molecule has 0 bridgehead atoms. The lowest BCUT2D eigenvalue weighted by molar-refractivity contribution is 0.0622. The number of hydrogen-bond acceptors (Lipinski definition) is 6. The molecule has 1 aromatic heterocycles. The Labute approximate surface area is 166 Å². The van der Waals surface area contributed by atoms with E-state index in [0.717, 1.165) is 64.7 Å². The molecule has 3 heterocycles. The smallest absolute Gasteiger partial charge is 0.274 e. The number of carbonyl (C=O) groups is 1. The second-order valence-corrected chi connectivity index (χ2v) is 7.60. The minimum Gasteiger partial charge on any atom is -0.353 e. The molecule has 0 aliphatic carbocycles. The van der Waals surface area contributed by atoms with Gasteiger partial charge in [0.1, 0.15) is 11.5 Å². The van der Waals surface area contributed by atoms with Crippen molar-refractivity contribution in [1.82, 2.24) is 24.7 Å². The molecule has 0 radical (unpaired) electrons. The minimum absolute atomic E-state index is 0.0169. The van der Waals surface area contributed by atoms with Crippen LogP contribution in [0.2, 0.25) is 0 Å². The van der Waals surface area contributed by atoms with Crippen LogP contribution in [0.5, 0.6) is 0 Å². The van der Waals surface area contributed by atoms with Gasteiger partial charge in [-0.1, -0.05) is 30.3 Å². The maximum atomic E-state index is 12.8. The number of amides is 1. The first-order valence-electron chi connectivity index (χ1n) is 10.00. The molecule has 0 spiro atoms. The highest BCUT2D eigenvalue weighted by Crippen LogP contribution is 2.14. The predicted molar refractivity (Wildman–Crippen MR) is 109 cm³/mol. The normalized spacial score (nSPS) is 19.0. The van der Waals surface area contributed by atoms with Gasteiger partial charge in [0.2, 0.25) is 0 Å². The van der Waals surface area contributed by atoms with Crippen LogP contribution in [0.4, 0.5) is 5.82 Å². The van der Waals surface area contributed by atoms with E-state index in [9.17, 15) is 4.79 Å². The third kappa shape index (κ3) is 4.48. The molecule has 4 rings (SSSR count). The monoisotopic (exact) mass is 380 g/mol. The zero-order valence-corrected chi connectivity index (χ0v) is 16.5. The van der Waals surface area contributed by atoms with Crippen LogP contribution in [0.1, 0.15) is 16.1 Å². The van der Waals surface area contributed by atoms with Gasteiger partial charge in [-0.3, -0.25) is 9.69 Å². The van der Waals surface area contributed by atoms with E-state index in [1.807, 2.05) is 11.0 Å². The second kappa shape index (κ2) is 8.67.